The van der Waals surface area contributed by atoms with Gasteiger partial charge in [-0.25, -0.2) is 24.5 Å². The van der Waals surface area contributed by atoms with Crippen LogP contribution in [0.2, 0.25) is 0 Å². The van der Waals surface area contributed by atoms with Crippen molar-refractivity contribution >= 4 is 23.7 Å². The number of aryl methyl sites for hydroxylation is 2. The number of nitrogens with two attached hydrogens (primary N) is 1. The maximum atomic E-state index is 12.1. The third kappa shape index (κ3) is 12.5. The first-order valence-electron chi connectivity index (χ1n) is 9.42. The Labute approximate surface area is 189 Å². The van der Waals surface area contributed by atoms with Crippen LogP contribution in [0, 0.1) is 0 Å². The number of hydrogen-bond acceptors (Lipinski definition) is 8. The zero-order chi connectivity index (χ0) is 25.7. The van der Waals surface area contributed by atoms with E-state index in [9.17, 15) is 27.9 Å². The average molecular weight is 489 g/mol. The van der Waals surface area contributed by atoms with Crippen LogP contribution in [0.1, 0.15) is 24.4 Å². The van der Waals surface area contributed by atoms with E-state index in [1.165, 1.54) is 12.3 Å². The predicted molar refractivity (Wildman–Crippen MR) is 111 cm³/mol. The summed E-state index contributed by atoms with van der Waals surface area (Å²) in [5.74, 6) is -2.41. The fourth-order valence-electron chi connectivity index (χ4n) is 2.22. The summed E-state index contributed by atoms with van der Waals surface area (Å²) in [6.07, 6.45) is 0.490. The number of hydrogen-bond donors (Lipinski definition) is 7. The Morgan fingerprint density at radius 2 is 1.74 bits per heavy atom. The summed E-state index contributed by atoms with van der Waals surface area (Å²) in [5, 5.41) is 36.7. The number of carboxylic acid groups (broad SMARTS) is 2. The Morgan fingerprint density at radius 1 is 1.12 bits per heavy atom. The van der Waals surface area contributed by atoms with Crippen LogP contribution in [-0.2, 0) is 22.4 Å². The first kappa shape index (κ1) is 27.7. The second-order valence-corrected chi connectivity index (χ2v) is 6.38. The van der Waals surface area contributed by atoms with E-state index in [-0.39, 0.29) is 23.7 Å². The molecule has 0 fully saturated rings. The number of rotatable bonds is 9. The van der Waals surface area contributed by atoms with E-state index in [0.717, 1.165) is 0 Å². The number of carbonyl (C=O) groups is 2. The van der Waals surface area contributed by atoms with Gasteiger partial charge in [-0.15, -0.1) is 0 Å². The highest BCUT2D eigenvalue weighted by molar-refractivity contribution is 5.91. The number of unbranched alkanes of at least 4 members (excludes halogenated alkanes) is 1. The van der Waals surface area contributed by atoms with Crippen LogP contribution in [-0.4, -0.2) is 71.0 Å². The van der Waals surface area contributed by atoms with Crippen LogP contribution < -0.4 is 11.1 Å². The van der Waals surface area contributed by atoms with Crippen LogP contribution in [0.5, 0.6) is 11.9 Å². The van der Waals surface area contributed by atoms with Gasteiger partial charge >= 0.3 is 18.1 Å². The molecular weight excluding hydrogens is 467 g/mol. The second kappa shape index (κ2) is 13.2. The van der Waals surface area contributed by atoms with E-state index in [4.69, 9.17) is 21.1 Å². The summed E-state index contributed by atoms with van der Waals surface area (Å²) in [5.41, 5.74) is 5.83. The number of halogens is 3. The van der Waals surface area contributed by atoms with Gasteiger partial charge in [0.2, 0.25) is 5.88 Å². The molecule has 0 bridgehead atoms. The van der Waals surface area contributed by atoms with Gasteiger partial charge in [0.15, 0.2) is 5.96 Å². The van der Waals surface area contributed by atoms with E-state index in [0.29, 0.717) is 49.4 Å². The minimum Gasteiger partial charge on any atom is -0.492 e. The number of carboxylic acids is 2. The molecule has 0 amide bonds. The standard InChI is InChI=1S/C14H18F3N7O2.C4H4O4/c15-14(16,17)7-20-12(18)23-10-5-6-19-9(22-10)4-2-1-3-8-11(25)24-13(26)21-8;5-3(6)1-2-4(7)8/h5-6,25H,1-4,7H2,(H2,21,24,26)(H3,18,19,20,22,23);1-2H,(H,5,6)(H,7,8)/b;2-1-. The van der Waals surface area contributed by atoms with Crippen molar-refractivity contribution in [1.82, 2.24) is 19.9 Å². The van der Waals surface area contributed by atoms with E-state index in [1.54, 1.807) is 0 Å². The number of nitrogens with zero attached hydrogens (tertiary/aromatic N) is 4. The highest BCUT2D eigenvalue weighted by atomic mass is 19.4. The topological polar surface area (TPSA) is 220 Å². The van der Waals surface area contributed by atoms with Crippen LogP contribution >= 0.6 is 0 Å². The molecule has 16 heteroatoms. The van der Waals surface area contributed by atoms with Crippen molar-refractivity contribution in [3.05, 3.63) is 35.9 Å². The third-order valence-electron chi connectivity index (χ3n) is 3.58. The summed E-state index contributed by atoms with van der Waals surface area (Å²) in [6, 6.07) is 1.12. The lowest BCUT2D eigenvalue weighted by Gasteiger charge is -2.07. The zero-order valence-electron chi connectivity index (χ0n) is 17.5. The SMILES string of the molecule is NC(=NCC(F)(F)F)Nc1ccnc(CCCCc2[nH]c(O)nc2O)n1.O=C(O)/C=C\C(=O)O. The molecule has 0 saturated carbocycles. The van der Waals surface area contributed by atoms with Gasteiger partial charge in [-0.05, 0) is 25.3 Å². The lowest BCUT2D eigenvalue weighted by molar-refractivity contribution is -0.134. The number of aromatic hydroxyl groups is 2. The van der Waals surface area contributed by atoms with Crippen molar-refractivity contribution in [3.8, 4) is 11.9 Å². The second-order valence-electron chi connectivity index (χ2n) is 6.38. The molecule has 0 aromatic carbocycles. The third-order valence-corrected chi connectivity index (χ3v) is 3.58. The van der Waals surface area contributed by atoms with Gasteiger partial charge in [-0.3, -0.25) is 0 Å². The number of aromatic nitrogens is 4. The maximum Gasteiger partial charge on any atom is 0.408 e. The molecular formula is C18H22F3N7O6. The molecule has 0 atom stereocenters. The Bertz CT molecular complexity index is 1010. The Balaban J connectivity index is 0.000000620. The van der Waals surface area contributed by atoms with Crippen molar-refractivity contribution < 1.29 is 43.2 Å². The molecule has 186 valence electrons. The predicted octanol–water partition coefficient (Wildman–Crippen LogP) is 1.18. The quantitative estimate of drug-likeness (QED) is 0.115. The van der Waals surface area contributed by atoms with Gasteiger partial charge < -0.3 is 36.5 Å². The van der Waals surface area contributed by atoms with Gasteiger partial charge in [-0.2, -0.15) is 18.2 Å². The molecule has 0 radical (unpaired) electrons. The molecule has 0 aliphatic carbocycles. The Hall–Kier alpha value is -4.37. The van der Waals surface area contributed by atoms with Gasteiger partial charge in [0, 0.05) is 24.8 Å². The molecule has 2 aromatic rings. The Kier molecular flexibility index (Phi) is 10.8. The molecule has 13 nitrogen and oxygen atoms in total. The van der Waals surface area contributed by atoms with E-state index in [2.05, 4.69) is 30.2 Å². The molecule has 8 N–H and O–H groups in total. The number of guanidine groups is 1. The van der Waals surface area contributed by atoms with Gasteiger partial charge in [-0.1, -0.05) is 0 Å². The average Bonchev–Trinajstić information content (AvgIpc) is 3.05. The highest BCUT2D eigenvalue weighted by Gasteiger charge is 2.26. The molecule has 0 unspecified atom stereocenters. The van der Waals surface area contributed by atoms with Crippen molar-refractivity contribution in [2.24, 2.45) is 10.7 Å². The molecule has 34 heavy (non-hydrogen) atoms. The zero-order valence-corrected chi connectivity index (χ0v) is 17.5. The summed E-state index contributed by atoms with van der Waals surface area (Å²) in [6.45, 7) is -1.38. The molecule has 0 spiro atoms. The van der Waals surface area contributed by atoms with Crippen molar-refractivity contribution in [1.29, 1.82) is 0 Å². The van der Waals surface area contributed by atoms with Crippen LogP contribution in [0.4, 0.5) is 19.0 Å². The summed E-state index contributed by atoms with van der Waals surface area (Å²) >= 11 is 0. The minimum absolute atomic E-state index is 0.237. The van der Waals surface area contributed by atoms with E-state index >= 15 is 0 Å². The number of aliphatic carboxylic acids is 2. The van der Waals surface area contributed by atoms with Crippen LogP contribution in [0.3, 0.4) is 0 Å². The maximum absolute atomic E-state index is 12.1. The van der Waals surface area contributed by atoms with Gasteiger partial charge in [0.05, 0.1) is 5.69 Å². The van der Waals surface area contributed by atoms with Gasteiger partial charge in [0.1, 0.15) is 18.2 Å². The lowest BCUT2D eigenvalue weighted by atomic mass is 10.1. The lowest BCUT2D eigenvalue weighted by Crippen LogP contribution is -2.26. The fourth-order valence-corrected chi connectivity index (χ4v) is 2.22. The fraction of sp³-hybridized carbons (Fsp3) is 0.333. The summed E-state index contributed by atoms with van der Waals surface area (Å²) < 4.78 is 36.3. The normalized spacial score (nSPS) is 11.7. The van der Waals surface area contributed by atoms with Crippen molar-refractivity contribution in [3.63, 3.8) is 0 Å². The molecule has 2 aromatic heterocycles. The van der Waals surface area contributed by atoms with E-state index < -0.39 is 24.7 Å². The number of alkyl halides is 3. The minimum atomic E-state index is -4.43. The number of anilines is 1. The first-order chi connectivity index (χ1) is 15.9. The van der Waals surface area contributed by atoms with Crippen molar-refractivity contribution in [2.45, 2.75) is 31.9 Å². The molecule has 2 rings (SSSR count). The van der Waals surface area contributed by atoms with E-state index in [1.807, 2.05) is 0 Å². The molecule has 0 saturated heterocycles. The molecule has 0 aliphatic rings. The molecule has 2 heterocycles. The molecule has 0 aliphatic heterocycles. The number of H-pyrrole nitrogens is 1. The number of imidazole rings is 1. The summed E-state index contributed by atoms with van der Waals surface area (Å²) in [7, 11) is 0. The first-order valence-corrected chi connectivity index (χ1v) is 9.42. The van der Waals surface area contributed by atoms with Gasteiger partial charge in [0.25, 0.3) is 6.01 Å². The smallest absolute Gasteiger partial charge is 0.408 e. The van der Waals surface area contributed by atoms with Crippen LogP contribution in [0.25, 0.3) is 0 Å². The summed E-state index contributed by atoms with van der Waals surface area (Å²) in [4.78, 5) is 36.5. The Morgan fingerprint density at radius 3 is 2.26 bits per heavy atom. The number of aromatic amines is 1. The highest BCUT2D eigenvalue weighted by Crippen LogP contribution is 2.19. The number of aliphatic imine (C=N–C) groups is 1. The number of nitrogens with one attached hydrogen (secondary N) is 2. The monoisotopic (exact) mass is 489 g/mol. The largest absolute Gasteiger partial charge is 0.492 e. The van der Waals surface area contributed by atoms with Crippen molar-refractivity contribution in [2.75, 3.05) is 11.9 Å². The van der Waals surface area contributed by atoms with Crippen LogP contribution in [0.15, 0.2) is 29.4 Å².